The maximum absolute atomic E-state index is 13.0. The van der Waals surface area contributed by atoms with E-state index < -0.39 is 5.67 Å². The van der Waals surface area contributed by atoms with Gasteiger partial charge in [-0.3, -0.25) is 0 Å². The zero-order valence-electron chi connectivity index (χ0n) is 7.19. The van der Waals surface area contributed by atoms with E-state index in [1.54, 1.807) is 25.6 Å². The molecule has 1 saturated heterocycles. The molecule has 1 aliphatic heterocycles. The van der Waals surface area contributed by atoms with Gasteiger partial charge in [0, 0.05) is 17.5 Å². The molecule has 0 spiro atoms. The highest BCUT2D eigenvalue weighted by Gasteiger charge is 2.21. The summed E-state index contributed by atoms with van der Waals surface area (Å²) >= 11 is 1.75. The Labute approximate surface area is 72.1 Å². The maximum Gasteiger partial charge on any atom is 0.114 e. The third kappa shape index (κ3) is 3.97. The smallest absolute Gasteiger partial charge is 0.114 e. The molecule has 0 aromatic carbocycles. The molecule has 1 aliphatic rings. The molecule has 0 radical (unpaired) electrons. The molecule has 0 aromatic heterocycles. The van der Waals surface area contributed by atoms with Gasteiger partial charge in [-0.05, 0) is 26.8 Å². The molecule has 1 heterocycles. The normalized spacial score (nSPS) is 25.9. The molecule has 1 nitrogen and oxygen atoms in total. The summed E-state index contributed by atoms with van der Waals surface area (Å²) in [5.41, 5.74) is -1.01. The number of thioether (sulfide) groups is 1. The first-order valence-corrected chi connectivity index (χ1v) is 5.14. The van der Waals surface area contributed by atoms with Crippen molar-refractivity contribution < 1.29 is 4.39 Å². The SMILES string of the molecule is CC(C)(F)CSC1CCNC1. The van der Waals surface area contributed by atoms with Crippen LogP contribution in [0.2, 0.25) is 0 Å². The van der Waals surface area contributed by atoms with Gasteiger partial charge in [0.15, 0.2) is 0 Å². The number of alkyl halides is 1. The molecule has 1 fully saturated rings. The van der Waals surface area contributed by atoms with Crippen LogP contribution in [0.1, 0.15) is 20.3 Å². The van der Waals surface area contributed by atoms with E-state index >= 15 is 0 Å². The van der Waals surface area contributed by atoms with Crippen LogP contribution in [-0.2, 0) is 0 Å². The van der Waals surface area contributed by atoms with Gasteiger partial charge in [0.2, 0.25) is 0 Å². The minimum atomic E-state index is -1.01. The van der Waals surface area contributed by atoms with Gasteiger partial charge >= 0.3 is 0 Å². The minimum absolute atomic E-state index is 0.624. The molecule has 0 bridgehead atoms. The van der Waals surface area contributed by atoms with E-state index in [4.69, 9.17) is 0 Å². The Bertz CT molecular complexity index is 116. The van der Waals surface area contributed by atoms with Gasteiger partial charge in [-0.15, -0.1) is 0 Å². The van der Waals surface area contributed by atoms with Crippen LogP contribution in [0, 0.1) is 0 Å². The van der Waals surface area contributed by atoms with E-state index in [1.165, 1.54) is 6.42 Å². The molecule has 1 N–H and O–H groups in total. The summed E-state index contributed by atoms with van der Waals surface area (Å²) in [5.74, 6) is 0.624. The fourth-order valence-electron chi connectivity index (χ4n) is 1.09. The second-order valence-corrected chi connectivity index (χ2v) is 4.93. The van der Waals surface area contributed by atoms with Crippen molar-refractivity contribution in [3.05, 3.63) is 0 Å². The first kappa shape index (κ1) is 9.33. The fourth-order valence-corrected chi connectivity index (χ4v) is 2.24. The van der Waals surface area contributed by atoms with E-state index in [-0.39, 0.29) is 0 Å². The lowest BCUT2D eigenvalue weighted by molar-refractivity contribution is 0.252. The van der Waals surface area contributed by atoms with E-state index in [0.29, 0.717) is 11.0 Å². The molecule has 1 unspecified atom stereocenters. The summed E-state index contributed by atoms with van der Waals surface area (Å²) in [6, 6.07) is 0. The standard InChI is InChI=1S/C8H16FNS/c1-8(2,9)6-11-7-3-4-10-5-7/h7,10H,3-6H2,1-2H3. The highest BCUT2D eigenvalue weighted by molar-refractivity contribution is 8.00. The summed E-state index contributed by atoms with van der Waals surface area (Å²) in [6.07, 6.45) is 1.20. The van der Waals surface area contributed by atoms with Crippen molar-refractivity contribution in [3.63, 3.8) is 0 Å². The Morgan fingerprint density at radius 2 is 2.36 bits per heavy atom. The second-order valence-electron chi connectivity index (χ2n) is 3.64. The van der Waals surface area contributed by atoms with Crippen molar-refractivity contribution in [1.82, 2.24) is 5.32 Å². The number of halogens is 1. The Kier molecular flexibility index (Phi) is 3.19. The molecule has 0 aromatic rings. The average Bonchev–Trinajstić information content (AvgIpc) is 2.32. The van der Waals surface area contributed by atoms with Crippen LogP contribution in [0.15, 0.2) is 0 Å². The average molecular weight is 177 g/mol. The zero-order chi connectivity index (χ0) is 8.32. The van der Waals surface area contributed by atoms with Crippen molar-refractivity contribution in [3.8, 4) is 0 Å². The molecule has 0 saturated carbocycles. The molecule has 3 heteroatoms. The predicted octanol–water partition coefficient (Wildman–Crippen LogP) is 1.83. The van der Waals surface area contributed by atoms with Crippen LogP contribution < -0.4 is 5.32 Å². The first-order chi connectivity index (χ1) is 5.08. The molecule has 1 rings (SSSR count). The molecule has 11 heavy (non-hydrogen) atoms. The molecular formula is C8H16FNS. The Morgan fingerprint density at radius 3 is 2.82 bits per heavy atom. The highest BCUT2D eigenvalue weighted by Crippen LogP contribution is 2.23. The molecule has 0 amide bonds. The van der Waals surface area contributed by atoms with Crippen LogP contribution in [0.3, 0.4) is 0 Å². The molecule has 66 valence electrons. The lowest BCUT2D eigenvalue weighted by atomic mass is 10.2. The van der Waals surface area contributed by atoms with Gasteiger partial charge in [-0.1, -0.05) is 0 Å². The first-order valence-electron chi connectivity index (χ1n) is 4.09. The third-order valence-corrected chi connectivity index (χ3v) is 3.40. The lowest BCUT2D eigenvalue weighted by Crippen LogP contribution is -2.19. The van der Waals surface area contributed by atoms with Gasteiger partial charge in [0.1, 0.15) is 5.67 Å². The number of rotatable bonds is 3. The van der Waals surface area contributed by atoms with Crippen molar-refractivity contribution in [2.24, 2.45) is 0 Å². The maximum atomic E-state index is 13.0. The summed E-state index contributed by atoms with van der Waals surface area (Å²) in [7, 11) is 0. The van der Waals surface area contributed by atoms with Crippen molar-refractivity contribution in [1.29, 1.82) is 0 Å². The van der Waals surface area contributed by atoms with Gasteiger partial charge in [0.25, 0.3) is 0 Å². The number of hydrogen-bond acceptors (Lipinski definition) is 2. The Morgan fingerprint density at radius 1 is 1.64 bits per heavy atom. The van der Waals surface area contributed by atoms with Crippen molar-refractivity contribution in [2.45, 2.75) is 31.2 Å². The zero-order valence-corrected chi connectivity index (χ0v) is 8.01. The van der Waals surface area contributed by atoms with Gasteiger partial charge in [-0.25, -0.2) is 4.39 Å². The van der Waals surface area contributed by atoms with Gasteiger partial charge in [-0.2, -0.15) is 11.8 Å². The minimum Gasteiger partial charge on any atom is -0.316 e. The monoisotopic (exact) mass is 177 g/mol. The van der Waals surface area contributed by atoms with E-state index in [2.05, 4.69) is 5.32 Å². The third-order valence-electron chi connectivity index (χ3n) is 1.68. The molecule has 0 aliphatic carbocycles. The lowest BCUT2D eigenvalue weighted by Gasteiger charge is -2.15. The van der Waals surface area contributed by atoms with Crippen LogP contribution >= 0.6 is 11.8 Å². The summed E-state index contributed by atoms with van der Waals surface area (Å²) < 4.78 is 13.0. The predicted molar refractivity (Wildman–Crippen MR) is 48.9 cm³/mol. The number of hydrogen-bond donors (Lipinski definition) is 1. The van der Waals surface area contributed by atoms with Crippen LogP contribution in [0.5, 0.6) is 0 Å². The van der Waals surface area contributed by atoms with E-state index in [0.717, 1.165) is 13.1 Å². The van der Waals surface area contributed by atoms with Crippen molar-refractivity contribution in [2.75, 3.05) is 18.8 Å². The van der Waals surface area contributed by atoms with Gasteiger partial charge < -0.3 is 5.32 Å². The van der Waals surface area contributed by atoms with Crippen molar-refractivity contribution >= 4 is 11.8 Å². The molecule has 1 atom stereocenters. The summed E-state index contributed by atoms with van der Waals surface area (Å²) in [5, 5.41) is 3.91. The summed E-state index contributed by atoms with van der Waals surface area (Å²) in [4.78, 5) is 0. The largest absolute Gasteiger partial charge is 0.316 e. The highest BCUT2D eigenvalue weighted by atomic mass is 32.2. The molecular weight excluding hydrogens is 161 g/mol. The topological polar surface area (TPSA) is 12.0 Å². The van der Waals surface area contributed by atoms with E-state index in [1.807, 2.05) is 0 Å². The Hall–Kier alpha value is 0.240. The quantitative estimate of drug-likeness (QED) is 0.706. The second kappa shape index (κ2) is 3.76. The van der Waals surface area contributed by atoms with Crippen LogP contribution in [0.25, 0.3) is 0 Å². The number of nitrogens with one attached hydrogen (secondary N) is 1. The van der Waals surface area contributed by atoms with Crippen LogP contribution in [0.4, 0.5) is 4.39 Å². The van der Waals surface area contributed by atoms with E-state index in [9.17, 15) is 4.39 Å². The summed E-state index contributed by atoms with van der Waals surface area (Å²) in [6.45, 7) is 5.44. The van der Waals surface area contributed by atoms with Gasteiger partial charge in [0.05, 0.1) is 0 Å². The Balaban J connectivity index is 2.11. The fraction of sp³-hybridized carbons (Fsp3) is 1.00. The van der Waals surface area contributed by atoms with Crippen LogP contribution in [-0.4, -0.2) is 29.8 Å².